The smallest absolute Gasteiger partial charge is 0.335 e. The molecule has 0 spiro atoms. The van der Waals surface area contributed by atoms with Gasteiger partial charge in [-0.2, -0.15) is 0 Å². The summed E-state index contributed by atoms with van der Waals surface area (Å²) in [4.78, 5) is 10.7. The normalized spacial score (nSPS) is 15.5. The summed E-state index contributed by atoms with van der Waals surface area (Å²) in [5.74, 6) is 0.0508. The average Bonchev–Trinajstić information content (AvgIpc) is 3.20. The van der Waals surface area contributed by atoms with Crippen LogP contribution in [0, 0.1) is 11.3 Å². The first-order chi connectivity index (χ1) is 8.99. The highest BCUT2D eigenvalue weighted by Gasteiger charge is 2.36. The molecule has 104 valence electrons. The molecule has 2 rings (SSSR count). The zero-order chi connectivity index (χ0) is 13.9. The maximum absolute atomic E-state index is 10.7. The highest BCUT2D eigenvalue weighted by atomic mass is 16.4. The maximum atomic E-state index is 10.7. The molecule has 0 bridgehead atoms. The number of hydrogen-bond acceptors (Lipinski definition) is 2. The number of benzene rings is 1. The van der Waals surface area contributed by atoms with E-state index in [1.807, 2.05) is 12.1 Å². The van der Waals surface area contributed by atoms with Gasteiger partial charge in [-0.15, -0.1) is 0 Å². The number of carboxylic acids is 1. The fourth-order valence-electron chi connectivity index (χ4n) is 2.48. The molecular weight excluding hydrogens is 238 g/mol. The average molecular weight is 261 g/mol. The molecule has 1 aliphatic carbocycles. The molecule has 0 radical (unpaired) electrons. The van der Waals surface area contributed by atoms with Crippen LogP contribution in [0.3, 0.4) is 0 Å². The molecule has 3 nitrogen and oxygen atoms in total. The van der Waals surface area contributed by atoms with Crippen molar-refractivity contribution < 1.29 is 9.90 Å². The zero-order valence-electron chi connectivity index (χ0n) is 11.8. The van der Waals surface area contributed by atoms with Crippen LogP contribution in [0.2, 0.25) is 0 Å². The lowest BCUT2D eigenvalue weighted by Crippen LogP contribution is -2.23. The summed E-state index contributed by atoms with van der Waals surface area (Å²) in [5.41, 5.74) is 1.94. The van der Waals surface area contributed by atoms with Gasteiger partial charge in [-0.1, -0.05) is 26.0 Å². The Bertz CT molecular complexity index is 433. The Balaban J connectivity index is 1.72. The van der Waals surface area contributed by atoms with Gasteiger partial charge < -0.3 is 10.4 Å². The SMILES string of the molecule is CC(C)(CCNCc1ccc(C(=O)O)cc1)C1CC1. The molecule has 0 saturated heterocycles. The second-order valence-electron chi connectivity index (χ2n) is 6.19. The van der Waals surface area contributed by atoms with Crippen molar-refractivity contribution in [3.8, 4) is 0 Å². The van der Waals surface area contributed by atoms with Gasteiger partial charge in [-0.05, 0) is 54.8 Å². The molecule has 1 saturated carbocycles. The largest absolute Gasteiger partial charge is 0.478 e. The molecule has 0 aliphatic heterocycles. The second kappa shape index (κ2) is 5.74. The lowest BCUT2D eigenvalue weighted by Gasteiger charge is -2.24. The summed E-state index contributed by atoms with van der Waals surface area (Å²) in [6, 6.07) is 7.08. The Morgan fingerprint density at radius 2 is 1.95 bits per heavy atom. The van der Waals surface area contributed by atoms with Gasteiger partial charge in [0.2, 0.25) is 0 Å². The van der Waals surface area contributed by atoms with E-state index in [4.69, 9.17) is 5.11 Å². The summed E-state index contributed by atoms with van der Waals surface area (Å²) in [6.07, 6.45) is 3.98. The molecule has 1 aromatic rings. The van der Waals surface area contributed by atoms with Crippen molar-refractivity contribution in [2.75, 3.05) is 6.54 Å². The van der Waals surface area contributed by atoms with Crippen LogP contribution in [-0.2, 0) is 6.54 Å². The molecule has 0 unspecified atom stereocenters. The van der Waals surface area contributed by atoms with Crippen molar-refractivity contribution in [2.24, 2.45) is 11.3 Å². The van der Waals surface area contributed by atoms with E-state index in [0.29, 0.717) is 11.0 Å². The monoisotopic (exact) mass is 261 g/mol. The minimum absolute atomic E-state index is 0.346. The Labute approximate surface area is 115 Å². The fourth-order valence-corrected chi connectivity index (χ4v) is 2.48. The summed E-state index contributed by atoms with van der Waals surface area (Å²) in [7, 11) is 0. The van der Waals surface area contributed by atoms with Gasteiger partial charge in [0.05, 0.1) is 5.56 Å². The quantitative estimate of drug-likeness (QED) is 0.740. The van der Waals surface area contributed by atoms with E-state index in [9.17, 15) is 4.79 Å². The molecule has 19 heavy (non-hydrogen) atoms. The predicted molar refractivity (Wildman–Crippen MR) is 76.2 cm³/mol. The van der Waals surface area contributed by atoms with E-state index in [1.165, 1.54) is 19.3 Å². The Kier molecular flexibility index (Phi) is 4.25. The van der Waals surface area contributed by atoms with Crippen LogP contribution in [0.5, 0.6) is 0 Å². The van der Waals surface area contributed by atoms with Gasteiger partial charge in [-0.3, -0.25) is 0 Å². The first-order valence-corrected chi connectivity index (χ1v) is 7.02. The van der Waals surface area contributed by atoms with Crippen molar-refractivity contribution in [1.82, 2.24) is 5.32 Å². The van der Waals surface area contributed by atoms with Crippen LogP contribution in [0.25, 0.3) is 0 Å². The first-order valence-electron chi connectivity index (χ1n) is 7.02. The molecule has 0 amide bonds. The van der Waals surface area contributed by atoms with Crippen molar-refractivity contribution in [3.05, 3.63) is 35.4 Å². The van der Waals surface area contributed by atoms with Crippen LogP contribution in [-0.4, -0.2) is 17.6 Å². The molecule has 1 aliphatic rings. The number of hydrogen-bond donors (Lipinski definition) is 2. The number of carbonyl (C=O) groups is 1. The van der Waals surface area contributed by atoms with Crippen molar-refractivity contribution in [3.63, 3.8) is 0 Å². The predicted octanol–water partition coefficient (Wildman–Crippen LogP) is 3.30. The molecule has 1 fully saturated rings. The fraction of sp³-hybridized carbons (Fsp3) is 0.562. The molecular formula is C16H23NO2. The summed E-state index contributed by atoms with van der Waals surface area (Å²) in [6.45, 7) is 6.53. The van der Waals surface area contributed by atoms with Crippen LogP contribution >= 0.6 is 0 Å². The van der Waals surface area contributed by atoms with E-state index in [-0.39, 0.29) is 0 Å². The van der Waals surface area contributed by atoms with Crippen LogP contribution in [0.15, 0.2) is 24.3 Å². The Hall–Kier alpha value is -1.35. The van der Waals surface area contributed by atoms with Crippen LogP contribution in [0.4, 0.5) is 0 Å². The van der Waals surface area contributed by atoms with E-state index in [1.54, 1.807) is 12.1 Å². The lowest BCUT2D eigenvalue weighted by atomic mass is 9.84. The molecule has 0 aromatic heterocycles. The number of rotatable bonds is 7. The summed E-state index contributed by atoms with van der Waals surface area (Å²) < 4.78 is 0. The van der Waals surface area contributed by atoms with Crippen molar-refractivity contribution in [1.29, 1.82) is 0 Å². The molecule has 1 aromatic carbocycles. The third kappa shape index (κ3) is 4.06. The van der Waals surface area contributed by atoms with Gasteiger partial charge >= 0.3 is 5.97 Å². The highest BCUT2D eigenvalue weighted by Crippen LogP contribution is 2.46. The Morgan fingerprint density at radius 1 is 1.32 bits per heavy atom. The van der Waals surface area contributed by atoms with Gasteiger partial charge in [-0.25, -0.2) is 4.79 Å². The van der Waals surface area contributed by atoms with E-state index < -0.39 is 5.97 Å². The Morgan fingerprint density at radius 3 is 2.47 bits per heavy atom. The first kappa shape index (κ1) is 14.1. The van der Waals surface area contributed by atoms with E-state index in [2.05, 4.69) is 19.2 Å². The second-order valence-corrected chi connectivity index (χ2v) is 6.19. The topological polar surface area (TPSA) is 49.3 Å². The summed E-state index contributed by atoms with van der Waals surface area (Å²) >= 11 is 0. The molecule has 2 N–H and O–H groups in total. The lowest BCUT2D eigenvalue weighted by molar-refractivity contribution is 0.0697. The van der Waals surface area contributed by atoms with E-state index >= 15 is 0 Å². The number of nitrogens with one attached hydrogen (secondary N) is 1. The van der Waals surface area contributed by atoms with Gasteiger partial charge in [0.1, 0.15) is 0 Å². The molecule has 3 heteroatoms. The van der Waals surface area contributed by atoms with Gasteiger partial charge in [0.15, 0.2) is 0 Å². The van der Waals surface area contributed by atoms with Crippen molar-refractivity contribution in [2.45, 2.75) is 39.7 Å². The minimum atomic E-state index is -0.870. The van der Waals surface area contributed by atoms with Crippen LogP contribution < -0.4 is 5.32 Å². The highest BCUT2D eigenvalue weighted by molar-refractivity contribution is 5.87. The maximum Gasteiger partial charge on any atom is 0.335 e. The van der Waals surface area contributed by atoms with E-state index in [0.717, 1.165) is 24.6 Å². The number of carboxylic acid groups (broad SMARTS) is 1. The molecule has 0 atom stereocenters. The van der Waals surface area contributed by atoms with Crippen LogP contribution in [0.1, 0.15) is 49.0 Å². The third-order valence-electron chi connectivity index (χ3n) is 4.16. The summed E-state index contributed by atoms with van der Waals surface area (Å²) in [5, 5.41) is 12.3. The van der Waals surface area contributed by atoms with Gasteiger partial charge in [0, 0.05) is 6.54 Å². The minimum Gasteiger partial charge on any atom is -0.478 e. The van der Waals surface area contributed by atoms with Crippen molar-refractivity contribution >= 4 is 5.97 Å². The number of aromatic carboxylic acids is 1. The standard InChI is InChI=1S/C16H23NO2/c1-16(2,14-7-8-14)9-10-17-11-12-3-5-13(6-4-12)15(18)19/h3-6,14,17H,7-11H2,1-2H3,(H,18,19). The third-order valence-corrected chi connectivity index (χ3v) is 4.16. The van der Waals surface area contributed by atoms with Gasteiger partial charge in [0.25, 0.3) is 0 Å². The zero-order valence-corrected chi connectivity index (χ0v) is 11.8. The molecule has 0 heterocycles.